The molecule has 1 amide bonds. The van der Waals surface area contributed by atoms with Crippen molar-refractivity contribution in [3.05, 3.63) is 69.8 Å². The van der Waals surface area contributed by atoms with Gasteiger partial charge in [0.15, 0.2) is 0 Å². The molecule has 1 aromatic carbocycles. The maximum absolute atomic E-state index is 13.3. The highest BCUT2D eigenvalue weighted by molar-refractivity contribution is 5.84. The highest BCUT2D eigenvalue weighted by atomic mass is 16.2. The van der Waals surface area contributed by atoms with Crippen LogP contribution in [-0.2, 0) is 11.3 Å². The van der Waals surface area contributed by atoms with Crippen LogP contribution >= 0.6 is 0 Å². The zero-order chi connectivity index (χ0) is 27.4. The summed E-state index contributed by atoms with van der Waals surface area (Å²) >= 11 is 0. The van der Waals surface area contributed by atoms with Crippen LogP contribution in [-0.4, -0.2) is 37.7 Å². The number of nitrogens with one attached hydrogen (secondary N) is 3. The molecule has 208 valence electrons. The second-order valence-corrected chi connectivity index (χ2v) is 12.7. The standard InChI is InChI=1S/C31H37N7O2/c1-18-16-32-30(34-25-5-3-4-20(12-25)17-38-26(39)9-6-19(2)37-38)36-28(18)35-27-22-10-21-11-23(27)15-31(13-21,14-22)29(40)33-24-7-8-24/h3-6,9,12,16,21-24,27H,7-8,10-11,13-15,17H2,1-2H3,(H,33,40)(H2,32,34,35,36)/t21?,22?,23?,27-,31+. The van der Waals surface area contributed by atoms with Crippen LogP contribution in [0.2, 0.25) is 0 Å². The Morgan fingerprint density at radius 3 is 2.65 bits per heavy atom. The molecule has 3 N–H and O–H groups in total. The largest absolute Gasteiger partial charge is 0.366 e. The van der Waals surface area contributed by atoms with Crippen LogP contribution in [0, 0.1) is 37.0 Å². The van der Waals surface area contributed by atoms with Gasteiger partial charge >= 0.3 is 0 Å². The van der Waals surface area contributed by atoms with E-state index >= 15 is 0 Å². The Morgan fingerprint density at radius 1 is 1.07 bits per heavy atom. The molecular weight excluding hydrogens is 502 g/mol. The Balaban J connectivity index is 1.06. The molecule has 9 nitrogen and oxygen atoms in total. The van der Waals surface area contributed by atoms with Crippen LogP contribution in [0.15, 0.2) is 47.4 Å². The first-order valence-electron chi connectivity index (χ1n) is 14.7. The summed E-state index contributed by atoms with van der Waals surface area (Å²) < 4.78 is 1.48. The first-order chi connectivity index (χ1) is 19.3. The number of nitrogens with zero attached hydrogens (tertiary/aromatic N) is 4. The Labute approximate surface area is 234 Å². The average molecular weight is 540 g/mol. The van der Waals surface area contributed by atoms with E-state index < -0.39 is 0 Å². The number of benzene rings is 1. The van der Waals surface area contributed by atoms with Crippen molar-refractivity contribution in [2.75, 3.05) is 10.6 Å². The van der Waals surface area contributed by atoms with E-state index in [-0.39, 0.29) is 11.0 Å². The van der Waals surface area contributed by atoms with Crippen molar-refractivity contribution in [3.8, 4) is 0 Å². The van der Waals surface area contributed by atoms with Crippen molar-refractivity contribution < 1.29 is 4.79 Å². The fourth-order valence-corrected chi connectivity index (χ4v) is 7.62. The summed E-state index contributed by atoms with van der Waals surface area (Å²) in [6.45, 7) is 4.31. The van der Waals surface area contributed by atoms with Crippen LogP contribution in [0.1, 0.15) is 61.8 Å². The summed E-state index contributed by atoms with van der Waals surface area (Å²) in [4.78, 5) is 34.9. The highest BCUT2D eigenvalue weighted by Crippen LogP contribution is 2.60. The van der Waals surface area contributed by atoms with E-state index in [2.05, 4.69) is 26.0 Å². The van der Waals surface area contributed by atoms with E-state index in [4.69, 9.17) is 4.98 Å². The molecule has 9 heteroatoms. The van der Waals surface area contributed by atoms with Crippen LogP contribution in [0.3, 0.4) is 0 Å². The van der Waals surface area contributed by atoms with Gasteiger partial charge in [-0.25, -0.2) is 9.67 Å². The first-order valence-corrected chi connectivity index (χ1v) is 14.7. The number of rotatable bonds is 8. The molecule has 2 aromatic heterocycles. The topological polar surface area (TPSA) is 114 Å². The van der Waals surface area contributed by atoms with Crippen LogP contribution in [0.5, 0.6) is 0 Å². The fourth-order valence-electron chi connectivity index (χ4n) is 7.62. The molecule has 5 saturated carbocycles. The predicted molar refractivity (Wildman–Crippen MR) is 153 cm³/mol. The molecular formula is C31H37N7O2. The Morgan fingerprint density at radius 2 is 1.88 bits per heavy atom. The number of aryl methyl sites for hydroxylation is 2. The van der Waals surface area contributed by atoms with Crippen molar-refractivity contribution in [1.82, 2.24) is 25.1 Å². The Bertz CT molecular complexity index is 1500. The fraction of sp³-hybridized carbons (Fsp3) is 0.516. The van der Waals surface area contributed by atoms with Gasteiger partial charge in [0, 0.05) is 35.6 Å². The van der Waals surface area contributed by atoms with Crippen molar-refractivity contribution in [3.63, 3.8) is 0 Å². The first kappa shape index (κ1) is 25.2. The van der Waals surface area contributed by atoms with E-state index in [1.807, 2.05) is 44.3 Å². The zero-order valence-electron chi connectivity index (χ0n) is 23.2. The van der Waals surface area contributed by atoms with Gasteiger partial charge in [0.05, 0.1) is 17.7 Å². The Kier molecular flexibility index (Phi) is 6.13. The number of hydrogen-bond donors (Lipinski definition) is 3. The predicted octanol–water partition coefficient (Wildman–Crippen LogP) is 4.33. The second kappa shape index (κ2) is 9.71. The summed E-state index contributed by atoms with van der Waals surface area (Å²) in [6, 6.07) is 11.9. The highest BCUT2D eigenvalue weighted by Gasteiger charge is 2.58. The molecule has 4 bridgehead atoms. The van der Waals surface area contributed by atoms with E-state index in [0.717, 1.165) is 60.4 Å². The third-order valence-electron chi connectivity index (χ3n) is 9.46. The van der Waals surface area contributed by atoms with Gasteiger partial charge in [0.2, 0.25) is 11.9 Å². The van der Waals surface area contributed by atoms with Gasteiger partial charge in [-0.3, -0.25) is 9.59 Å². The number of carbonyl (C=O) groups excluding carboxylic acids is 1. The van der Waals surface area contributed by atoms with Crippen molar-refractivity contribution >= 4 is 23.4 Å². The molecule has 8 rings (SSSR count). The van der Waals surface area contributed by atoms with Crippen molar-refractivity contribution in [2.45, 2.75) is 77.4 Å². The molecule has 0 aliphatic heterocycles. The summed E-state index contributed by atoms with van der Waals surface area (Å²) in [5.41, 5.74) is 3.35. The van der Waals surface area contributed by atoms with Crippen LogP contribution in [0.25, 0.3) is 0 Å². The molecule has 5 fully saturated rings. The molecule has 2 atom stereocenters. The maximum atomic E-state index is 13.3. The molecule has 5 aliphatic carbocycles. The molecule has 3 aromatic rings. The van der Waals surface area contributed by atoms with E-state index in [0.29, 0.717) is 48.2 Å². The monoisotopic (exact) mass is 539 g/mol. The van der Waals surface area contributed by atoms with Gasteiger partial charge in [0.25, 0.3) is 5.56 Å². The number of hydrogen-bond acceptors (Lipinski definition) is 7. The van der Waals surface area contributed by atoms with Gasteiger partial charge in [-0.05, 0) is 100 Å². The van der Waals surface area contributed by atoms with E-state index in [9.17, 15) is 9.59 Å². The molecule has 0 spiro atoms. The number of anilines is 3. The second-order valence-electron chi connectivity index (χ2n) is 12.7. The minimum atomic E-state index is -0.158. The molecule has 0 saturated heterocycles. The third-order valence-corrected chi connectivity index (χ3v) is 9.46. The van der Waals surface area contributed by atoms with E-state index in [1.165, 1.54) is 17.5 Å². The average Bonchev–Trinajstić information content (AvgIpc) is 3.74. The van der Waals surface area contributed by atoms with E-state index in [1.54, 1.807) is 12.1 Å². The number of aromatic nitrogens is 4. The lowest BCUT2D eigenvalue weighted by Crippen LogP contribution is -2.60. The molecule has 2 unspecified atom stereocenters. The lowest BCUT2D eigenvalue weighted by molar-refractivity contribution is -0.147. The van der Waals surface area contributed by atoms with Gasteiger partial charge < -0.3 is 16.0 Å². The minimum Gasteiger partial charge on any atom is -0.366 e. The lowest BCUT2D eigenvalue weighted by Gasteiger charge is -2.59. The molecule has 5 aliphatic rings. The number of carbonyl (C=O) groups is 1. The molecule has 2 heterocycles. The van der Waals surface area contributed by atoms with Crippen molar-refractivity contribution in [2.24, 2.45) is 23.2 Å². The lowest BCUT2D eigenvalue weighted by atomic mass is 9.47. The normalized spacial score (nSPS) is 28.4. The summed E-state index contributed by atoms with van der Waals surface area (Å²) in [5, 5.41) is 14.8. The van der Waals surface area contributed by atoms with Gasteiger partial charge in [0.1, 0.15) is 5.82 Å². The SMILES string of the molecule is Cc1ccc(=O)n(Cc2cccc(Nc3ncc(C)c(N[C@H]4C5CC6CC4C[C@@](C(=O)NC4CC4)(C6)C5)n3)c2)n1. The molecule has 0 radical (unpaired) electrons. The summed E-state index contributed by atoms with van der Waals surface area (Å²) in [5.74, 6) is 3.37. The summed E-state index contributed by atoms with van der Waals surface area (Å²) in [6.07, 6.45) is 9.58. The van der Waals surface area contributed by atoms with Crippen LogP contribution in [0.4, 0.5) is 17.5 Å². The maximum Gasteiger partial charge on any atom is 0.267 e. The smallest absolute Gasteiger partial charge is 0.267 e. The molecule has 40 heavy (non-hydrogen) atoms. The zero-order valence-corrected chi connectivity index (χ0v) is 23.2. The van der Waals surface area contributed by atoms with Gasteiger partial charge in [-0.15, -0.1) is 0 Å². The van der Waals surface area contributed by atoms with Crippen LogP contribution < -0.4 is 21.5 Å². The summed E-state index contributed by atoms with van der Waals surface area (Å²) in [7, 11) is 0. The Hall–Kier alpha value is -3.75. The number of amides is 1. The third kappa shape index (κ3) is 4.86. The van der Waals surface area contributed by atoms with Gasteiger partial charge in [-0.2, -0.15) is 10.1 Å². The van der Waals surface area contributed by atoms with Gasteiger partial charge in [-0.1, -0.05) is 12.1 Å². The quantitative estimate of drug-likeness (QED) is 0.391. The minimum absolute atomic E-state index is 0.124. The van der Waals surface area contributed by atoms with Crippen molar-refractivity contribution in [1.29, 1.82) is 0 Å².